The van der Waals surface area contributed by atoms with E-state index in [0.29, 0.717) is 5.82 Å². The summed E-state index contributed by atoms with van der Waals surface area (Å²) in [5.74, 6) is 1.48. The van der Waals surface area contributed by atoms with Gasteiger partial charge < -0.3 is 5.73 Å². The molecule has 4 nitrogen and oxygen atoms in total. The van der Waals surface area contributed by atoms with Crippen molar-refractivity contribution in [3.05, 3.63) is 22.8 Å². The summed E-state index contributed by atoms with van der Waals surface area (Å²) in [6.07, 6.45) is 4.41. The van der Waals surface area contributed by atoms with Gasteiger partial charge in [0, 0.05) is 18.8 Å². The molecule has 0 atom stereocenters. The van der Waals surface area contributed by atoms with E-state index in [0.717, 1.165) is 22.4 Å². The van der Waals surface area contributed by atoms with Crippen molar-refractivity contribution in [3.8, 4) is 0 Å². The third-order valence-electron chi connectivity index (χ3n) is 1.93. The van der Waals surface area contributed by atoms with Crippen LogP contribution in [0.4, 0.5) is 5.82 Å². The zero-order valence-corrected chi connectivity index (χ0v) is 8.74. The summed E-state index contributed by atoms with van der Waals surface area (Å²) in [7, 11) is 0. The van der Waals surface area contributed by atoms with E-state index in [9.17, 15) is 0 Å². The highest BCUT2D eigenvalue weighted by Crippen LogP contribution is 2.22. The van der Waals surface area contributed by atoms with Crippen molar-refractivity contribution in [3.63, 3.8) is 0 Å². The van der Waals surface area contributed by atoms with Crippen molar-refractivity contribution >= 4 is 27.3 Å². The Hall–Kier alpha value is -1.10. The number of aromatic nitrogens is 3. The lowest BCUT2D eigenvalue weighted by atomic mass is 10.4. The monoisotopic (exact) mass is 240 g/mol. The molecule has 0 aromatic carbocycles. The summed E-state index contributed by atoms with van der Waals surface area (Å²) >= 11 is 3.36. The Labute approximate surface area is 83.9 Å². The summed E-state index contributed by atoms with van der Waals surface area (Å²) in [6.45, 7) is 2.05. The number of hydrogen-bond acceptors (Lipinski definition) is 3. The first-order valence-electron chi connectivity index (χ1n) is 4.01. The predicted octanol–water partition coefficient (Wildman–Crippen LogP) is 1.64. The van der Waals surface area contributed by atoms with Crippen LogP contribution in [0, 0.1) is 0 Å². The molecule has 2 aromatic heterocycles. The summed E-state index contributed by atoms with van der Waals surface area (Å²) in [6, 6.07) is 0. The number of rotatable bonds is 1. The Morgan fingerprint density at radius 2 is 2.38 bits per heavy atom. The van der Waals surface area contributed by atoms with E-state index in [1.54, 1.807) is 6.20 Å². The minimum atomic E-state index is 0.501. The average Bonchev–Trinajstić information content (AvgIpc) is 2.44. The summed E-state index contributed by atoms with van der Waals surface area (Å²) in [4.78, 5) is 8.33. The first kappa shape index (κ1) is 8.50. The molecule has 0 amide bonds. The van der Waals surface area contributed by atoms with Crippen LogP contribution in [0.25, 0.3) is 5.52 Å². The van der Waals surface area contributed by atoms with Crippen molar-refractivity contribution in [2.45, 2.75) is 13.3 Å². The molecule has 2 rings (SSSR count). The van der Waals surface area contributed by atoms with Crippen LogP contribution in [-0.2, 0) is 6.42 Å². The minimum Gasteiger partial charge on any atom is -0.382 e. The van der Waals surface area contributed by atoms with E-state index in [4.69, 9.17) is 5.73 Å². The Kier molecular flexibility index (Phi) is 1.95. The van der Waals surface area contributed by atoms with Crippen LogP contribution in [0.15, 0.2) is 17.0 Å². The summed E-state index contributed by atoms with van der Waals surface area (Å²) in [5.41, 5.74) is 6.57. The normalized spacial score (nSPS) is 10.9. The second-order valence-electron chi connectivity index (χ2n) is 2.70. The molecule has 0 aliphatic carbocycles. The molecule has 0 aliphatic heterocycles. The lowest BCUT2D eigenvalue weighted by molar-refractivity contribution is 0.926. The lowest BCUT2D eigenvalue weighted by Gasteiger charge is -1.98. The van der Waals surface area contributed by atoms with E-state index >= 15 is 0 Å². The standard InChI is InChI=1S/C8H9BrN4/c1-2-5-12-7(9)6-8(10)11-3-4-13(5)6/h3-4H,2H2,1H3,(H2,10,11). The molecular weight excluding hydrogens is 232 g/mol. The quantitative estimate of drug-likeness (QED) is 0.825. The number of hydrogen-bond donors (Lipinski definition) is 1. The third kappa shape index (κ3) is 1.19. The number of fused-ring (bicyclic) bond motifs is 1. The molecule has 68 valence electrons. The van der Waals surface area contributed by atoms with Gasteiger partial charge in [0.25, 0.3) is 0 Å². The highest BCUT2D eigenvalue weighted by atomic mass is 79.9. The molecular formula is C8H9BrN4. The number of nitrogens with two attached hydrogens (primary N) is 1. The van der Waals surface area contributed by atoms with Gasteiger partial charge in [-0.3, -0.25) is 4.40 Å². The van der Waals surface area contributed by atoms with E-state index in [2.05, 4.69) is 32.8 Å². The number of nitrogens with zero attached hydrogens (tertiary/aromatic N) is 3. The van der Waals surface area contributed by atoms with E-state index in [-0.39, 0.29) is 0 Å². The predicted molar refractivity (Wildman–Crippen MR) is 54.5 cm³/mol. The van der Waals surface area contributed by atoms with Crippen LogP contribution in [-0.4, -0.2) is 14.4 Å². The van der Waals surface area contributed by atoms with Crippen molar-refractivity contribution in [1.29, 1.82) is 0 Å². The Balaban J connectivity index is 2.87. The maximum atomic E-state index is 5.72. The van der Waals surface area contributed by atoms with Gasteiger partial charge in [-0.2, -0.15) is 0 Å². The van der Waals surface area contributed by atoms with Crippen LogP contribution < -0.4 is 5.73 Å². The van der Waals surface area contributed by atoms with Gasteiger partial charge in [0.2, 0.25) is 0 Å². The highest BCUT2D eigenvalue weighted by molar-refractivity contribution is 9.10. The molecule has 2 heterocycles. The molecule has 0 bridgehead atoms. The molecule has 0 saturated heterocycles. The molecule has 2 aromatic rings. The fourth-order valence-corrected chi connectivity index (χ4v) is 1.93. The van der Waals surface area contributed by atoms with Gasteiger partial charge in [-0.25, -0.2) is 9.97 Å². The minimum absolute atomic E-state index is 0.501. The molecule has 0 radical (unpaired) electrons. The van der Waals surface area contributed by atoms with Crippen LogP contribution in [0.5, 0.6) is 0 Å². The van der Waals surface area contributed by atoms with Gasteiger partial charge in [-0.05, 0) is 15.9 Å². The Bertz CT molecular complexity index is 449. The molecule has 0 fully saturated rings. The van der Waals surface area contributed by atoms with Crippen molar-refractivity contribution < 1.29 is 0 Å². The van der Waals surface area contributed by atoms with Gasteiger partial charge in [-0.15, -0.1) is 0 Å². The van der Waals surface area contributed by atoms with Crippen LogP contribution in [0.2, 0.25) is 0 Å². The van der Waals surface area contributed by atoms with Crippen LogP contribution in [0.1, 0.15) is 12.7 Å². The molecule has 0 aliphatic rings. The van der Waals surface area contributed by atoms with Crippen molar-refractivity contribution in [2.75, 3.05) is 5.73 Å². The lowest BCUT2D eigenvalue weighted by Crippen LogP contribution is -1.97. The number of imidazole rings is 1. The first-order valence-corrected chi connectivity index (χ1v) is 4.80. The van der Waals surface area contributed by atoms with Crippen LogP contribution >= 0.6 is 15.9 Å². The molecule has 0 unspecified atom stereocenters. The molecule has 2 N–H and O–H groups in total. The topological polar surface area (TPSA) is 56.2 Å². The van der Waals surface area contributed by atoms with E-state index in [1.807, 2.05) is 10.6 Å². The first-order chi connectivity index (χ1) is 6.24. The van der Waals surface area contributed by atoms with Gasteiger partial charge in [0.1, 0.15) is 15.9 Å². The number of nitrogen functional groups attached to an aromatic ring is 1. The van der Waals surface area contributed by atoms with Crippen molar-refractivity contribution in [1.82, 2.24) is 14.4 Å². The maximum absolute atomic E-state index is 5.72. The second kappa shape index (κ2) is 2.99. The summed E-state index contributed by atoms with van der Waals surface area (Å²) in [5, 5.41) is 0. The average molecular weight is 241 g/mol. The van der Waals surface area contributed by atoms with Gasteiger partial charge >= 0.3 is 0 Å². The SMILES string of the molecule is CCc1nc(Br)c2c(N)nccn12. The Morgan fingerprint density at radius 1 is 1.62 bits per heavy atom. The van der Waals surface area contributed by atoms with E-state index in [1.165, 1.54) is 0 Å². The smallest absolute Gasteiger partial charge is 0.150 e. The fourth-order valence-electron chi connectivity index (χ4n) is 1.33. The Morgan fingerprint density at radius 3 is 3.08 bits per heavy atom. The second-order valence-corrected chi connectivity index (χ2v) is 3.45. The van der Waals surface area contributed by atoms with Crippen molar-refractivity contribution in [2.24, 2.45) is 0 Å². The largest absolute Gasteiger partial charge is 0.382 e. The zero-order chi connectivity index (χ0) is 9.42. The fraction of sp³-hybridized carbons (Fsp3) is 0.250. The van der Waals surface area contributed by atoms with Gasteiger partial charge in [-0.1, -0.05) is 6.92 Å². The van der Waals surface area contributed by atoms with Crippen LogP contribution in [0.3, 0.4) is 0 Å². The van der Waals surface area contributed by atoms with Gasteiger partial charge in [0.15, 0.2) is 5.82 Å². The molecule has 0 saturated carbocycles. The van der Waals surface area contributed by atoms with E-state index < -0.39 is 0 Å². The zero-order valence-electron chi connectivity index (χ0n) is 7.16. The number of halogens is 1. The molecule has 5 heteroatoms. The molecule has 0 spiro atoms. The number of anilines is 1. The summed E-state index contributed by atoms with van der Waals surface area (Å²) < 4.78 is 2.71. The van der Waals surface area contributed by atoms with Gasteiger partial charge in [0.05, 0.1) is 0 Å². The maximum Gasteiger partial charge on any atom is 0.150 e. The highest BCUT2D eigenvalue weighted by Gasteiger charge is 2.09. The molecule has 13 heavy (non-hydrogen) atoms. The number of aryl methyl sites for hydroxylation is 1. The third-order valence-corrected chi connectivity index (χ3v) is 2.48.